The number of carbonyl (C=O) groups is 8. The lowest BCUT2D eigenvalue weighted by atomic mass is 10.0. The third-order valence-electron chi connectivity index (χ3n) is 11.5. The number of nitrogens with one attached hydrogen (secondary N) is 6. The summed E-state index contributed by atoms with van der Waals surface area (Å²) >= 11 is 0. The minimum atomic E-state index is -1.26. The first-order valence-electron chi connectivity index (χ1n) is 25.5. The van der Waals surface area contributed by atoms with E-state index < -0.39 is 65.3 Å². The normalized spacial score (nSPS) is 12.9. The van der Waals surface area contributed by atoms with E-state index in [9.17, 15) is 43.5 Å². The molecule has 1 aliphatic rings. The average molecular weight is 1060 g/mol. The van der Waals surface area contributed by atoms with Gasteiger partial charge in [-0.2, -0.15) is 0 Å². The summed E-state index contributed by atoms with van der Waals surface area (Å²) in [7, 11) is 0. The number of rotatable bonds is 31. The van der Waals surface area contributed by atoms with Gasteiger partial charge in [-0.05, 0) is 87.4 Å². The van der Waals surface area contributed by atoms with E-state index in [1.807, 2.05) is 48.5 Å². The van der Waals surface area contributed by atoms with Crippen molar-refractivity contribution >= 4 is 58.8 Å². The molecule has 0 spiro atoms. The number of hydrogen-bond donors (Lipinski definition) is 8. The summed E-state index contributed by atoms with van der Waals surface area (Å²) in [5, 5.41) is 25.4. The van der Waals surface area contributed by atoms with Crippen LogP contribution in [0.1, 0.15) is 102 Å². The second kappa shape index (κ2) is 32.1. The van der Waals surface area contributed by atoms with Crippen molar-refractivity contribution < 1.29 is 62.4 Å². The van der Waals surface area contributed by atoms with E-state index in [2.05, 4.69) is 43.7 Å². The molecule has 9 N–H and O–H groups in total. The van der Waals surface area contributed by atoms with Crippen molar-refractivity contribution in [3.8, 4) is 11.8 Å². The van der Waals surface area contributed by atoms with Gasteiger partial charge in [0.05, 0.1) is 58.5 Å². The lowest BCUT2D eigenvalue weighted by molar-refractivity contribution is -0.155. The summed E-state index contributed by atoms with van der Waals surface area (Å²) < 4.78 is 22.1. The molecule has 0 bridgehead atoms. The van der Waals surface area contributed by atoms with Crippen molar-refractivity contribution in [2.45, 2.75) is 116 Å². The molecule has 21 heteroatoms. The molecule has 1 heterocycles. The minimum absolute atomic E-state index is 0.0108. The van der Waals surface area contributed by atoms with Gasteiger partial charge in [0.2, 0.25) is 35.4 Å². The zero-order chi connectivity index (χ0) is 55.5. The molecule has 0 aliphatic carbocycles. The molecule has 0 saturated heterocycles. The van der Waals surface area contributed by atoms with Crippen LogP contribution in [0, 0.1) is 17.8 Å². The van der Waals surface area contributed by atoms with Gasteiger partial charge in [-0.15, -0.1) is 0 Å². The maximum Gasteiger partial charge on any atom is 0.312 e. The number of primary amides is 1. The molecule has 0 radical (unpaired) electrons. The Labute approximate surface area is 444 Å². The van der Waals surface area contributed by atoms with Crippen LogP contribution in [0.4, 0.5) is 16.2 Å². The highest BCUT2D eigenvalue weighted by molar-refractivity contribution is 5.99. The number of para-hydroxylation sites is 1. The smallest absolute Gasteiger partial charge is 0.312 e. The second-order valence-electron chi connectivity index (χ2n) is 19.2. The van der Waals surface area contributed by atoms with E-state index in [-0.39, 0.29) is 116 Å². The summed E-state index contributed by atoms with van der Waals surface area (Å²) in [6.45, 7) is 10.0. The summed E-state index contributed by atoms with van der Waals surface area (Å²) in [6, 6.07) is 17.3. The van der Waals surface area contributed by atoms with E-state index >= 15 is 0 Å². The van der Waals surface area contributed by atoms with Gasteiger partial charge in [-0.25, -0.2) is 4.79 Å². The van der Waals surface area contributed by atoms with Crippen molar-refractivity contribution in [2.75, 3.05) is 62.9 Å². The largest absolute Gasteiger partial charge is 0.460 e. The quantitative estimate of drug-likeness (QED) is 0.0262. The van der Waals surface area contributed by atoms with Gasteiger partial charge in [0.15, 0.2) is 0 Å². The first-order chi connectivity index (χ1) is 36.3. The van der Waals surface area contributed by atoms with Crippen molar-refractivity contribution in [3.05, 3.63) is 95.1 Å². The Bertz CT molecular complexity index is 2480. The van der Waals surface area contributed by atoms with Crippen molar-refractivity contribution in [1.29, 1.82) is 0 Å². The number of benzene rings is 3. The predicted molar refractivity (Wildman–Crippen MR) is 283 cm³/mol. The molecule has 1 aliphatic heterocycles. The van der Waals surface area contributed by atoms with Crippen LogP contribution >= 0.6 is 0 Å². The highest BCUT2D eigenvalue weighted by Gasteiger charge is 2.32. The first kappa shape index (κ1) is 61.2. The lowest BCUT2D eigenvalue weighted by Crippen LogP contribution is -2.58. The highest BCUT2D eigenvalue weighted by Crippen LogP contribution is 2.26. The number of nitrogens with zero attached hydrogens (tertiary/aromatic N) is 1. The predicted octanol–water partition coefficient (Wildman–Crippen LogP) is 3.08. The number of nitrogens with two attached hydrogens (primary N) is 1. The zero-order valence-corrected chi connectivity index (χ0v) is 44.1. The number of hydrogen-bond acceptors (Lipinski definition) is 13. The summed E-state index contributed by atoms with van der Waals surface area (Å²) in [5.41, 5.74) is 8.65. The Morgan fingerprint density at radius 3 is 1.96 bits per heavy atom. The Morgan fingerprint density at radius 1 is 0.658 bits per heavy atom. The van der Waals surface area contributed by atoms with E-state index in [0.717, 1.165) is 16.7 Å². The molecular formula is C55H74N8O13. The van der Waals surface area contributed by atoms with Gasteiger partial charge in [0, 0.05) is 55.6 Å². The number of aliphatic hydroxyl groups excluding tert-OH is 1. The monoisotopic (exact) mass is 1050 g/mol. The van der Waals surface area contributed by atoms with Crippen molar-refractivity contribution in [1.82, 2.24) is 26.6 Å². The van der Waals surface area contributed by atoms with E-state index in [1.165, 1.54) is 0 Å². The van der Waals surface area contributed by atoms with Crippen molar-refractivity contribution in [3.63, 3.8) is 0 Å². The molecule has 0 unspecified atom stereocenters. The van der Waals surface area contributed by atoms with Gasteiger partial charge < -0.3 is 66.6 Å². The average Bonchev–Trinajstić information content (AvgIpc) is 3.37. The molecule has 76 heavy (non-hydrogen) atoms. The molecule has 3 aromatic carbocycles. The van der Waals surface area contributed by atoms with Crippen LogP contribution in [0.5, 0.6) is 0 Å². The second-order valence-corrected chi connectivity index (χ2v) is 19.2. The van der Waals surface area contributed by atoms with Crippen LogP contribution in [0.15, 0.2) is 72.8 Å². The fraction of sp³-hybridized carbons (Fsp3) is 0.491. The maximum atomic E-state index is 13.9. The zero-order valence-electron chi connectivity index (χ0n) is 44.1. The third-order valence-corrected chi connectivity index (χ3v) is 11.5. The number of amides is 8. The van der Waals surface area contributed by atoms with Gasteiger partial charge in [0.1, 0.15) is 23.7 Å². The lowest BCUT2D eigenvalue weighted by Gasteiger charge is -2.27. The SMILES string of the molecule is CC(C)[C@H](NC(=O)[C@H](CCC(=O)OC(C)(C)C)NC(=O)CCOCCOCCOCCNC(=O)CCC(=O)N1Cc2ccccc2C#Cc2ccccc21)C(=O)N[C@@H](CCCNC(N)=O)C(=O)Nc1ccc(CO)cc1. The summed E-state index contributed by atoms with van der Waals surface area (Å²) in [5.74, 6) is 2.23. The Kier molecular flexibility index (Phi) is 25.9. The molecular weight excluding hydrogens is 981 g/mol. The minimum Gasteiger partial charge on any atom is -0.460 e. The maximum absolute atomic E-state index is 13.9. The molecule has 0 fully saturated rings. The van der Waals surface area contributed by atoms with Crippen LogP contribution in [-0.2, 0) is 65.7 Å². The molecule has 412 valence electrons. The van der Waals surface area contributed by atoms with Gasteiger partial charge in [-0.3, -0.25) is 33.6 Å². The fourth-order valence-electron chi connectivity index (χ4n) is 7.57. The highest BCUT2D eigenvalue weighted by atomic mass is 16.6. The molecule has 4 rings (SSSR count). The number of fused-ring (bicyclic) bond motifs is 2. The molecule has 0 saturated carbocycles. The Balaban J connectivity index is 1.17. The summed E-state index contributed by atoms with van der Waals surface area (Å²) in [6.07, 6.45) is -0.155. The molecule has 3 aromatic rings. The molecule has 3 atom stereocenters. The van der Waals surface area contributed by atoms with Gasteiger partial charge >= 0.3 is 12.0 Å². The number of aliphatic hydroxyl groups is 1. The van der Waals surface area contributed by atoms with E-state index in [1.54, 1.807) is 63.8 Å². The van der Waals surface area contributed by atoms with E-state index in [0.29, 0.717) is 23.5 Å². The third kappa shape index (κ3) is 22.6. The van der Waals surface area contributed by atoms with Crippen molar-refractivity contribution in [2.24, 2.45) is 11.7 Å². The number of carbonyl (C=O) groups excluding carboxylic acids is 8. The van der Waals surface area contributed by atoms with Crippen LogP contribution in [0.2, 0.25) is 0 Å². The van der Waals surface area contributed by atoms with Crippen LogP contribution in [0.3, 0.4) is 0 Å². The molecule has 8 amide bonds. The summed E-state index contributed by atoms with van der Waals surface area (Å²) in [4.78, 5) is 106. The fourth-order valence-corrected chi connectivity index (χ4v) is 7.57. The number of anilines is 2. The molecule has 21 nitrogen and oxygen atoms in total. The first-order valence-corrected chi connectivity index (χ1v) is 25.5. The van der Waals surface area contributed by atoms with Gasteiger partial charge in [0.25, 0.3) is 0 Å². The van der Waals surface area contributed by atoms with Crippen LogP contribution < -0.4 is 42.5 Å². The van der Waals surface area contributed by atoms with Crippen LogP contribution in [0.25, 0.3) is 0 Å². The molecule has 0 aromatic heterocycles. The van der Waals surface area contributed by atoms with E-state index in [4.69, 9.17) is 24.7 Å². The Hall–Kier alpha value is -7.38. The standard InChI is InChI=1S/C55H74N8O13/c1-37(2)50(53(71)61-43(14-10-27-58-54(56)72)51(69)59-42-20-16-38(36-64)17-21-42)62-52(70)44(22-25-49(68)76-55(3,4)5)60-47(66)26-29-73-31-33-75-34-32-74-30-28-57-46(65)23-24-48(67)63-35-41-13-7-6-11-39(41)18-19-40-12-8-9-15-45(40)63/h6-9,11-13,15-17,20-21,37,43-44,50,64H,10,14,22-36H2,1-5H3,(H,57,65)(H,59,69)(H,60,66)(H,61,71)(H,62,70)(H3,56,58,72)/t43-,44-,50-/m0/s1. The van der Waals surface area contributed by atoms with Gasteiger partial charge in [-0.1, -0.05) is 68.2 Å². The van der Waals surface area contributed by atoms with Crippen LogP contribution in [-0.4, -0.2) is 129 Å². The topological polar surface area (TPSA) is 295 Å². The number of esters is 1. The Morgan fingerprint density at radius 2 is 1.29 bits per heavy atom. The number of ether oxygens (including phenoxy) is 4. The number of urea groups is 1.